The van der Waals surface area contributed by atoms with E-state index in [1.54, 1.807) is 38.5 Å². The number of carbonyl (C=O) groups excluding carboxylic acids is 2. The number of methoxy groups -OCH3 is 2. The van der Waals surface area contributed by atoms with E-state index in [9.17, 15) is 9.59 Å². The van der Waals surface area contributed by atoms with E-state index in [-0.39, 0.29) is 23.8 Å². The molecule has 1 fully saturated rings. The Bertz CT molecular complexity index is 530. The Morgan fingerprint density at radius 2 is 1.91 bits per heavy atom. The van der Waals surface area contributed by atoms with Crippen molar-refractivity contribution in [3.63, 3.8) is 0 Å². The molecule has 126 valence electrons. The van der Waals surface area contributed by atoms with E-state index in [2.05, 4.69) is 10.6 Å². The van der Waals surface area contributed by atoms with Gasteiger partial charge in [-0.3, -0.25) is 9.59 Å². The first kappa shape index (κ1) is 17.3. The Hall–Kier alpha value is -2.08. The second-order valence-corrected chi connectivity index (χ2v) is 5.63. The van der Waals surface area contributed by atoms with Crippen LogP contribution in [0.2, 0.25) is 0 Å². The molecule has 0 saturated heterocycles. The maximum absolute atomic E-state index is 12.3. The number of hydrogen-bond acceptors (Lipinski definition) is 4. The lowest BCUT2D eigenvalue weighted by atomic mass is 10.0. The molecule has 0 aromatic heterocycles. The van der Waals surface area contributed by atoms with Gasteiger partial charge in [-0.15, -0.1) is 0 Å². The van der Waals surface area contributed by atoms with Gasteiger partial charge >= 0.3 is 0 Å². The van der Waals surface area contributed by atoms with Crippen molar-refractivity contribution in [3.8, 4) is 5.75 Å². The Kier molecular flexibility index (Phi) is 6.40. The van der Waals surface area contributed by atoms with Crippen molar-refractivity contribution in [3.05, 3.63) is 29.8 Å². The van der Waals surface area contributed by atoms with Gasteiger partial charge in [0.2, 0.25) is 5.91 Å². The standard InChI is InChI=1S/C17H24N2O4/c1-22-11-10-18-17(21)14-4-3-5-15(14)19-16(20)12-6-8-13(23-2)9-7-12/h6-9,14-15H,3-5,10-11H2,1-2H3,(H,18,21)(H,19,20)/t14-,15+/m0/s1. The topological polar surface area (TPSA) is 76.7 Å². The fourth-order valence-corrected chi connectivity index (χ4v) is 2.85. The molecule has 0 bridgehead atoms. The number of rotatable bonds is 7. The number of hydrogen-bond donors (Lipinski definition) is 2. The molecule has 1 saturated carbocycles. The zero-order valence-corrected chi connectivity index (χ0v) is 13.6. The molecular formula is C17H24N2O4. The molecule has 2 rings (SSSR count). The molecule has 6 nitrogen and oxygen atoms in total. The summed E-state index contributed by atoms with van der Waals surface area (Å²) in [6, 6.07) is 6.82. The van der Waals surface area contributed by atoms with Crippen LogP contribution in [0.4, 0.5) is 0 Å². The summed E-state index contributed by atoms with van der Waals surface area (Å²) in [7, 11) is 3.18. The minimum Gasteiger partial charge on any atom is -0.497 e. The van der Waals surface area contributed by atoms with Crippen molar-refractivity contribution in [2.45, 2.75) is 25.3 Å². The van der Waals surface area contributed by atoms with Gasteiger partial charge in [-0.2, -0.15) is 0 Å². The van der Waals surface area contributed by atoms with E-state index in [0.717, 1.165) is 19.3 Å². The van der Waals surface area contributed by atoms with Gasteiger partial charge in [-0.25, -0.2) is 0 Å². The Morgan fingerprint density at radius 3 is 2.57 bits per heavy atom. The monoisotopic (exact) mass is 320 g/mol. The third-order valence-corrected chi connectivity index (χ3v) is 4.13. The molecule has 1 aromatic carbocycles. The highest BCUT2D eigenvalue weighted by atomic mass is 16.5. The Morgan fingerprint density at radius 1 is 1.17 bits per heavy atom. The number of amides is 2. The normalized spacial score (nSPS) is 20.1. The lowest BCUT2D eigenvalue weighted by Gasteiger charge is -2.20. The highest BCUT2D eigenvalue weighted by molar-refractivity contribution is 5.95. The third kappa shape index (κ3) is 4.69. The van der Waals surface area contributed by atoms with Gasteiger partial charge in [0.25, 0.3) is 5.91 Å². The molecule has 0 spiro atoms. The Balaban J connectivity index is 1.91. The molecule has 0 unspecified atom stereocenters. The van der Waals surface area contributed by atoms with Crippen molar-refractivity contribution in [2.24, 2.45) is 5.92 Å². The molecule has 2 amide bonds. The average Bonchev–Trinajstić information content (AvgIpc) is 3.03. The van der Waals surface area contributed by atoms with Crippen LogP contribution in [-0.2, 0) is 9.53 Å². The summed E-state index contributed by atoms with van der Waals surface area (Å²) in [6.45, 7) is 0.978. The predicted molar refractivity (Wildman–Crippen MR) is 86.5 cm³/mol. The van der Waals surface area contributed by atoms with Gasteiger partial charge in [0, 0.05) is 25.3 Å². The fraction of sp³-hybridized carbons (Fsp3) is 0.529. The van der Waals surface area contributed by atoms with E-state index in [4.69, 9.17) is 9.47 Å². The van der Waals surface area contributed by atoms with E-state index in [1.165, 1.54) is 0 Å². The van der Waals surface area contributed by atoms with Gasteiger partial charge < -0.3 is 20.1 Å². The van der Waals surface area contributed by atoms with Crippen LogP contribution in [0.3, 0.4) is 0 Å². The first-order valence-corrected chi connectivity index (χ1v) is 7.87. The lowest BCUT2D eigenvalue weighted by Crippen LogP contribution is -2.44. The van der Waals surface area contributed by atoms with Crippen LogP contribution in [0.15, 0.2) is 24.3 Å². The summed E-state index contributed by atoms with van der Waals surface area (Å²) in [4.78, 5) is 24.5. The molecule has 23 heavy (non-hydrogen) atoms. The summed E-state index contributed by atoms with van der Waals surface area (Å²) in [5.74, 6) is 0.362. The molecule has 1 aromatic rings. The average molecular weight is 320 g/mol. The molecule has 2 N–H and O–H groups in total. The van der Waals surface area contributed by atoms with Crippen LogP contribution >= 0.6 is 0 Å². The zero-order valence-electron chi connectivity index (χ0n) is 13.6. The van der Waals surface area contributed by atoms with E-state index < -0.39 is 0 Å². The second kappa shape index (κ2) is 8.53. The molecular weight excluding hydrogens is 296 g/mol. The van der Waals surface area contributed by atoms with Gasteiger partial charge in [0.05, 0.1) is 19.6 Å². The van der Waals surface area contributed by atoms with Crippen LogP contribution in [0.5, 0.6) is 5.75 Å². The van der Waals surface area contributed by atoms with Crippen LogP contribution in [0, 0.1) is 5.92 Å². The van der Waals surface area contributed by atoms with Crippen molar-refractivity contribution < 1.29 is 19.1 Å². The highest BCUT2D eigenvalue weighted by Gasteiger charge is 2.33. The molecule has 0 radical (unpaired) electrons. The molecule has 1 aliphatic carbocycles. The van der Waals surface area contributed by atoms with E-state index in [1.807, 2.05) is 0 Å². The maximum atomic E-state index is 12.3. The summed E-state index contributed by atoms with van der Waals surface area (Å²) >= 11 is 0. The van der Waals surface area contributed by atoms with Crippen LogP contribution < -0.4 is 15.4 Å². The number of benzene rings is 1. The predicted octanol–water partition coefficient (Wildman–Crippen LogP) is 1.36. The SMILES string of the molecule is COCCNC(=O)[C@H]1CCC[C@H]1NC(=O)c1ccc(OC)cc1. The number of nitrogens with one attached hydrogen (secondary N) is 2. The van der Waals surface area contributed by atoms with Gasteiger partial charge in [0.15, 0.2) is 0 Å². The smallest absolute Gasteiger partial charge is 0.251 e. The lowest BCUT2D eigenvalue weighted by molar-refractivity contribution is -0.125. The maximum Gasteiger partial charge on any atom is 0.251 e. The van der Waals surface area contributed by atoms with Crippen molar-refractivity contribution in [2.75, 3.05) is 27.4 Å². The minimum atomic E-state index is -0.172. The largest absolute Gasteiger partial charge is 0.497 e. The summed E-state index contributed by atoms with van der Waals surface area (Å²) in [5.41, 5.74) is 0.566. The van der Waals surface area contributed by atoms with E-state index in [0.29, 0.717) is 24.5 Å². The molecule has 1 aliphatic rings. The quantitative estimate of drug-likeness (QED) is 0.744. The molecule has 0 aliphatic heterocycles. The number of carbonyl (C=O) groups is 2. The van der Waals surface area contributed by atoms with Crippen molar-refractivity contribution >= 4 is 11.8 Å². The second-order valence-electron chi connectivity index (χ2n) is 5.63. The number of ether oxygens (including phenoxy) is 2. The first-order valence-electron chi connectivity index (χ1n) is 7.87. The summed E-state index contributed by atoms with van der Waals surface area (Å²) in [5, 5.41) is 5.83. The van der Waals surface area contributed by atoms with Gasteiger partial charge in [-0.05, 0) is 37.1 Å². The molecule has 0 heterocycles. The van der Waals surface area contributed by atoms with Crippen LogP contribution in [-0.4, -0.2) is 45.2 Å². The van der Waals surface area contributed by atoms with E-state index >= 15 is 0 Å². The fourth-order valence-electron chi connectivity index (χ4n) is 2.85. The summed E-state index contributed by atoms with van der Waals surface area (Å²) < 4.78 is 10.0. The zero-order chi connectivity index (χ0) is 16.7. The third-order valence-electron chi connectivity index (χ3n) is 4.13. The Labute approximate surface area is 136 Å². The van der Waals surface area contributed by atoms with Crippen molar-refractivity contribution in [1.29, 1.82) is 0 Å². The minimum absolute atomic E-state index is 0.0143. The molecule has 2 atom stereocenters. The van der Waals surface area contributed by atoms with Gasteiger partial charge in [0.1, 0.15) is 5.75 Å². The summed E-state index contributed by atoms with van der Waals surface area (Å²) in [6.07, 6.45) is 2.56. The molecule has 6 heteroatoms. The van der Waals surface area contributed by atoms with Gasteiger partial charge in [-0.1, -0.05) is 6.42 Å². The van der Waals surface area contributed by atoms with Crippen LogP contribution in [0.25, 0.3) is 0 Å². The van der Waals surface area contributed by atoms with Crippen LogP contribution in [0.1, 0.15) is 29.6 Å². The highest BCUT2D eigenvalue weighted by Crippen LogP contribution is 2.26. The van der Waals surface area contributed by atoms with Crippen molar-refractivity contribution in [1.82, 2.24) is 10.6 Å². The first-order chi connectivity index (χ1) is 11.2.